The molecule has 0 bridgehead atoms. The fourth-order valence-corrected chi connectivity index (χ4v) is 2.73. The second-order valence-electron chi connectivity index (χ2n) is 5.75. The SMILES string of the molecule is CC(C)(C)OC(=O)N1CC(c2cc(Cl)ccc2Br)C1. The molecule has 0 aromatic heterocycles. The molecule has 1 aromatic rings. The van der Waals surface area contributed by atoms with Gasteiger partial charge in [0.15, 0.2) is 0 Å². The molecule has 1 aliphatic rings. The van der Waals surface area contributed by atoms with E-state index >= 15 is 0 Å². The molecule has 104 valence electrons. The second-order valence-corrected chi connectivity index (χ2v) is 7.04. The molecular weight excluding hydrogens is 330 g/mol. The first-order valence-corrected chi connectivity index (χ1v) is 7.36. The summed E-state index contributed by atoms with van der Waals surface area (Å²) in [5.41, 5.74) is 0.700. The largest absolute Gasteiger partial charge is 0.444 e. The number of halogens is 2. The van der Waals surface area contributed by atoms with E-state index in [0.717, 1.165) is 10.0 Å². The maximum atomic E-state index is 11.8. The summed E-state index contributed by atoms with van der Waals surface area (Å²) in [6.45, 7) is 6.96. The Labute approximate surface area is 127 Å². The predicted molar refractivity (Wildman–Crippen MR) is 79.7 cm³/mol. The summed E-state index contributed by atoms with van der Waals surface area (Å²) in [5, 5.41) is 0.717. The third-order valence-electron chi connectivity index (χ3n) is 2.93. The van der Waals surface area contributed by atoms with Crippen LogP contribution in [0.2, 0.25) is 5.02 Å². The molecule has 1 fully saturated rings. The summed E-state index contributed by atoms with van der Waals surface area (Å²) in [4.78, 5) is 13.5. The number of carbonyl (C=O) groups is 1. The van der Waals surface area contributed by atoms with Gasteiger partial charge in [0, 0.05) is 28.5 Å². The van der Waals surface area contributed by atoms with Crippen molar-refractivity contribution in [1.82, 2.24) is 4.90 Å². The Hall–Kier alpha value is -0.740. The average Bonchev–Trinajstić information content (AvgIpc) is 2.18. The van der Waals surface area contributed by atoms with Gasteiger partial charge in [0.2, 0.25) is 0 Å². The number of benzene rings is 1. The van der Waals surface area contributed by atoms with E-state index in [1.807, 2.05) is 39.0 Å². The first-order valence-electron chi connectivity index (χ1n) is 6.19. The van der Waals surface area contributed by atoms with Gasteiger partial charge >= 0.3 is 6.09 Å². The minimum Gasteiger partial charge on any atom is -0.444 e. The van der Waals surface area contributed by atoms with E-state index in [0.29, 0.717) is 24.0 Å². The lowest BCUT2D eigenvalue weighted by molar-refractivity contribution is 0.00814. The van der Waals surface area contributed by atoms with Gasteiger partial charge in [-0.25, -0.2) is 4.79 Å². The summed E-state index contributed by atoms with van der Waals surface area (Å²) in [7, 11) is 0. The van der Waals surface area contributed by atoms with Crippen LogP contribution in [0.15, 0.2) is 22.7 Å². The minimum atomic E-state index is -0.446. The molecule has 0 aliphatic carbocycles. The van der Waals surface area contributed by atoms with Gasteiger partial charge < -0.3 is 9.64 Å². The standard InChI is InChI=1S/C14H17BrClNO2/c1-14(2,3)19-13(18)17-7-9(8-17)11-6-10(16)4-5-12(11)15/h4-6,9H,7-8H2,1-3H3. The fraction of sp³-hybridized carbons (Fsp3) is 0.500. The van der Waals surface area contributed by atoms with Gasteiger partial charge in [0.05, 0.1) is 0 Å². The second kappa shape index (κ2) is 5.33. The minimum absolute atomic E-state index is 0.248. The van der Waals surface area contributed by atoms with E-state index in [-0.39, 0.29) is 6.09 Å². The van der Waals surface area contributed by atoms with Crippen molar-refractivity contribution in [2.75, 3.05) is 13.1 Å². The van der Waals surface area contributed by atoms with Crippen molar-refractivity contribution in [2.24, 2.45) is 0 Å². The van der Waals surface area contributed by atoms with Crippen molar-refractivity contribution in [3.63, 3.8) is 0 Å². The van der Waals surface area contributed by atoms with Crippen LogP contribution in [-0.2, 0) is 4.74 Å². The molecule has 1 amide bonds. The van der Waals surface area contributed by atoms with E-state index in [4.69, 9.17) is 16.3 Å². The average molecular weight is 347 g/mol. The zero-order chi connectivity index (χ0) is 14.2. The molecule has 0 spiro atoms. The number of rotatable bonds is 1. The number of ether oxygens (including phenoxy) is 1. The van der Waals surface area contributed by atoms with Crippen LogP contribution in [0.5, 0.6) is 0 Å². The molecule has 0 radical (unpaired) electrons. The Morgan fingerprint density at radius 1 is 1.42 bits per heavy atom. The van der Waals surface area contributed by atoms with Crippen LogP contribution in [0.1, 0.15) is 32.3 Å². The van der Waals surface area contributed by atoms with Crippen LogP contribution in [0.25, 0.3) is 0 Å². The Kier molecular flexibility index (Phi) is 4.11. The topological polar surface area (TPSA) is 29.5 Å². The Morgan fingerprint density at radius 3 is 2.63 bits per heavy atom. The Morgan fingerprint density at radius 2 is 2.05 bits per heavy atom. The van der Waals surface area contributed by atoms with Crippen molar-refractivity contribution in [3.8, 4) is 0 Å². The first kappa shape index (κ1) is 14.7. The van der Waals surface area contributed by atoms with Crippen LogP contribution in [0.3, 0.4) is 0 Å². The van der Waals surface area contributed by atoms with Crippen molar-refractivity contribution in [2.45, 2.75) is 32.3 Å². The highest BCUT2D eigenvalue weighted by atomic mass is 79.9. The van der Waals surface area contributed by atoms with Crippen LogP contribution in [0.4, 0.5) is 4.79 Å². The lowest BCUT2D eigenvalue weighted by Gasteiger charge is -2.40. The van der Waals surface area contributed by atoms with Crippen LogP contribution < -0.4 is 0 Å². The highest BCUT2D eigenvalue weighted by Gasteiger charge is 2.35. The lowest BCUT2D eigenvalue weighted by atomic mass is 9.92. The van der Waals surface area contributed by atoms with Gasteiger partial charge in [-0.05, 0) is 44.5 Å². The Balaban J connectivity index is 1.96. The fourth-order valence-electron chi connectivity index (χ4n) is 1.98. The van der Waals surface area contributed by atoms with Gasteiger partial charge in [0.25, 0.3) is 0 Å². The molecule has 0 saturated carbocycles. The van der Waals surface area contributed by atoms with Crippen molar-refractivity contribution >= 4 is 33.6 Å². The maximum Gasteiger partial charge on any atom is 0.410 e. The number of hydrogen-bond acceptors (Lipinski definition) is 2. The van der Waals surface area contributed by atoms with E-state index in [1.165, 1.54) is 0 Å². The van der Waals surface area contributed by atoms with Crippen molar-refractivity contribution in [3.05, 3.63) is 33.3 Å². The zero-order valence-electron chi connectivity index (χ0n) is 11.2. The lowest BCUT2D eigenvalue weighted by Crippen LogP contribution is -2.50. The molecule has 1 saturated heterocycles. The van der Waals surface area contributed by atoms with Gasteiger partial charge in [-0.3, -0.25) is 0 Å². The molecule has 1 heterocycles. The van der Waals surface area contributed by atoms with Gasteiger partial charge in [-0.2, -0.15) is 0 Å². The van der Waals surface area contributed by atoms with Gasteiger partial charge in [0.1, 0.15) is 5.60 Å². The highest BCUT2D eigenvalue weighted by molar-refractivity contribution is 9.10. The van der Waals surface area contributed by atoms with Gasteiger partial charge in [-0.15, -0.1) is 0 Å². The monoisotopic (exact) mass is 345 g/mol. The molecule has 1 aliphatic heterocycles. The van der Waals surface area contributed by atoms with E-state index in [9.17, 15) is 4.79 Å². The molecule has 19 heavy (non-hydrogen) atoms. The van der Waals surface area contributed by atoms with Crippen molar-refractivity contribution in [1.29, 1.82) is 0 Å². The normalized spacial score (nSPS) is 16.2. The number of nitrogens with zero attached hydrogens (tertiary/aromatic N) is 1. The zero-order valence-corrected chi connectivity index (χ0v) is 13.6. The summed E-state index contributed by atoms with van der Waals surface area (Å²) >= 11 is 9.52. The molecule has 2 rings (SSSR count). The number of likely N-dealkylation sites (tertiary alicyclic amines) is 1. The summed E-state index contributed by atoms with van der Waals surface area (Å²) < 4.78 is 6.36. The number of carbonyl (C=O) groups excluding carboxylic acids is 1. The first-order chi connectivity index (χ1) is 8.76. The smallest absolute Gasteiger partial charge is 0.410 e. The molecule has 0 unspecified atom stereocenters. The summed E-state index contributed by atoms with van der Waals surface area (Å²) in [6, 6.07) is 5.73. The third kappa shape index (κ3) is 3.63. The van der Waals surface area contributed by atoms with Crippen molar-refractivity contribution < 1.29 is 9.53 Å². The quantitative estimate of drug-likeness (QED) is 0.752. The van der Waals surface area contributed by atoms with E-state index in [2.05, 4.69) is 15.9 Å². The van der Waals surface area contributed by atoms with Gasteiger partial charge in [-0.1, -0.05) is 27.5 Å². The van der Waals surface area contributed by atoms with E-state index < -0.39 is 5.60 Å². The maximum absolute atomic E-state index is 11.8. The predicted octanol–water partition coefficient (Wildman–Crippen LogP) is 4.44. The third-order valence-corrected chi connectivity index (χ3v) is 3.89. The molecule has 0 N–H and O–H groups in total. The molecule has 5 heteroatoms. The van der Waals surface area contributed by atoms with Crippen LogP contribution >= 0.6 is 27.5 Å². The summed E-state index contributed by atoms with van der Waals surface area (Å²) in [5.74, 6) is 0.320. The van der Waals surface area contributed by atoms with Crippen LogP contribution in [0, 0.1) is 0 Å². The van der Waals surface area contributed by atoms with E-state index in [1.54, 1.807) is 4.90 Å². The number of amides is 1. The Bertz CT molecular complexity index is 493. The highest BCUT2D eigenvalue weighted by Crippen LogP contribution is 2.34. The summed E-state index contributed by atoms with van der Waals surface area (Å²) in [6.07, 6.45) is -0.248. The van der Waals surface area contributed by atoms with Crippen LogP contribution in [-0.4, -0.2) is 29.7 Å². The molecule has 3 nitrogen and oxygen atoms in total. The molecule has 1 aromatic carbocycles. The molecular formula is C14H17BrClNO2. The molecule has 0 atom stereocenters. The number of hydrogen-bond donors (Lipinski definition) is 0.